The third kappa shape index (κ3) is 3.34. The molecule has 1 heterocycles. The van der Waals surface area contributed by atoms with E-state index in [2.05, 4.69) is 0 Å². The number of nitrogens with zero attached hydrogens (tertiary/aromatic N) is 3. The van der Waals surface area contributed by atoms with Crippen molar-refractivity contribution in [2.24, 2.45) is 0 Å². The van der Waals surface area contributed by atoms with Crippen LogP contribution in [-0.4, -0.2) is 14.1 Å². The largest absolute Gasteiger partial charge is 0.336 e. The SMILES string of the molecule is Cc1cccc(-n2c(=O)c3ccccc3n(Cc3cccc([N+](=O)[O-])c3)c2=O)c1. The monoisotopic (exact) mass is 387 g/mol. The highest BCUT2D eigenvalue weighted by atomic mass is 16.6. The van der Waals surface area contributed by atoms with Crippen LogP contribution in [-0.2, 0) is 6.54 Å². The van der Waals surface area contributed by atoms with Crippen molar-refractivity contribution in [3.05, 3.63) is 115 Å². The van der Waals surface area contributed by atoms with Gasteiger partial charge in [-0.25, -0.2) is 9.36 Å². The minimum absolute atomic E-state index is 0.0492. The zero-order chi connectivity index (χ0) is 20.5. The first kappa shape index (κ1) is 18.4. The van der Waals surface area contributed by atoms with E-state index in [9.17, 15) is 19.7 Å². The summed E-state index contributed by atoms with van der Waals surface area (Å²) in [6.07, 6.45) is 0. The lowest BCUT2D eigenvalue weighted by Crippen LogP contribution is -2.39. The van der Waals surface area contributed by atoms with Crippen molar-refractivity contribution in [1.82, 2.24) is 9.13 Å². The number of aryl methyl sites for hydroxylation is 1. The van der Waals surface area contributed by atoms with Gasteiger partial charge < -0.3 is 0 Å². The Morgan fingerprint density at radius 2 is 1.69 bits per heavy atom. The summed E-state index contributed by atoms with van der Waals surface area (Å²) in [6.45, 7) is 1.99. The van der Waals surface area contributed by atoms with Crippen LogP contribution >= 0.6 is 0 Å². The molecule has 0 N–H and O–H groups in total. The summed E-state index contributed by atoms with van der Waals surface area (Å²) < 4.78 is 2.62. The van der Waals surface area contributed by atoms with Gasteiger partial charge in [-0.05, 0) is 42.3 Å². The molecule has 0 bridgehead atoms. The number of aromatic nitrogens is 2. The summed E-state index contributed by atoms with van der Waals surface area (Å²) in [7, 11) is 0. The van der Waals surface area contributed by atoms with Crippen molar-refractivity contribution in [3.8, 4) is 5.69 Å². The summed E-state index contributed by atoms with van der Waals surface area (Å²) in [6, 6.07) is 20.2. The molecule has 0 saturated heterocycles. The Labute approximate surface area is 165 Å². The van der Waals surface area contributed by atoms with E-state index in [0.29, 0.717) is 22.2 Å². The molecule has 0 unspecified atom stereocenters. The van der Waals surface area contributed by atoms with E-state index in [1.165, 1.54) is 16.7 Å². The van der Waals surface area contributed by atoms with Crippen molar-refractivity contribution >= 4 is 16.6 Å². The van der Waals surface area contributed by atoms with Crippen LogP contribution < -0.4 is 11.2 Å². The number of para-hydroxylation sites is 1. The fourth-order valence-electron chi connectivity index (χ4n) is 3.42. The first-order valence-corrected chi connectivity index (χ1v) is 9.00. The highest BCUT2D eigenvalue weighted by Gasteiger charge is 2.15. The van der Waals surface area contributed by atoms with Gasteiger partial charge in [-0.3, -0.25) is 19.5 Å². The predicted octanol–water partition coefficient (Wildman–Crippen LogP) is 3.42. The standard InChI is InChI=1S/C22H17N3O4/c1-15-6-4-8-17(12-15)24-21(26)19-10-2-3-11-20(19)23(22(24)27)14-16-7-5-9-18(13-16)25(28)29/h2-13H,14H2,1H3. The molecule has 0 atom stereocenters. The topological polar surface area (TPSA) is 87.1 Å². The molecule has 0 aliphatic heterocycles. The molecular weight excluding hydrogens is 370 g/mol. The van der Waals surface area contributed by atoms with Gasteiger partial charge in [-0.2, -0.15) is 0 Å². The van der Waals surface area contributed by atoms with Gasteiger partial charge in [0.05, 0.1) is 28.1 Å². The van der Waals surface area contributed by atoms with Crippen LogP contribution in [0.1, 0.15) is 11.1 Å². The van der Waals surface area contributed by atoms with Crippen LogP contribution in [0.2, 0.25) is 0 Å². The maximum atomic E-state index is 13.3. The van der Waals surface area contributed by atoms with Crippen LogP contribution in [0.4, 0.5) is 5.69 Å². The summed E-state index contributed by atoms with van der Waals surface area (Å²) >= 11 is 0. The van der Waals surface area contributed by atoms with E-state index >= 15 is 0 Å². The highest BCUT2D eigenvalue weighted by molar-refractivity contribution is 5.78. The summed E-state index contributed by atoms with van der Waals surface area (Å²) in [5.41, 5.74) is 1.55. The average molecular weight is 387 g/mol. The smallest absolute Gasteiger partial charge is 0.288 e. The Bertz CT molecular complexity index is 1370. The molecule has 4 rings (SSSR count). The Kier molecular flexibility index (Phi) is 4.56. The van der Waals surface area contributed by atoms with Gasteiger partial charge in [0, 0.05) is 12.1 Å². The zero-order valence-corrected chi connectivity index (χ0v) is 15.6. The van der Waals surface area contributed by atoms with E-state index in [0.717, 1.165) is 10.1 Å². The number of hydrogen-bond acceptors (Lipinski definition) is 4. The van der Waals surface area contributed by atoms with Gasteiger partial charge in [-0.15, -0.1) is 0 Å². The van der Waals surface area contributed by atoms with Crippen LogP contribution in [0.3, 0.4) is 0 Å². The molecule has 144 valence electrons. The molecule has 0 amide bonds. The summed E-state index contributed by atoms with van der Waals surface area (Å²) in [4.78, 5) is 37.0. The quantitative estimate of drug-likeness (QED) is 0.397. The minimum atomic E-state index is -0.495. The molecule has 0 aliphatic carbocycles. The second-order valence-electron chi connectivity index (χ2n) is 6.79. The third-order valence-electron chi connectivity index (χ3n) is 4.77. The minimum Gasteiger partial charge on any atom is -0.288 e. The van der Waals surface area contributed by atoms with E-state index in [1.54, 1.807) is 54.6 Å². The fraction of sp³-hybridized carbons (Fsp3) is 0.0909. The van der Waals surface area contributed by atoms with Gasteiger partial charge >= 0.3 is 5.69 Å². The first-order chi connectivity index (χ1) is 14.0. The predicted molar refractivity (Wildman–Crippen MR) is 111 cm³/mol. The molecule has 29 heavy (non-hydrogen) atoms. The average Bonchev–Trinajstić information content (AvgIpc) is 2.71. The van der Waals surface area contributed by atoms with Crippen LogP contribution in [0.5, 0.6) is 0 Å². The molecule has 0 spiro atoms. The molecule has 7 nitrogen and oxygen atoms in total. The maximum Gasteiger partial charge on any atom is 0.336 e. The van der Waals surface area contributed by atoms with Crippen LogP contribution in [0.15, 0.2) is 82.4 Å². The number of nitro groups is 1. The molecule has 0 saturated carbocycles. The van der Waals surface area contributed by atoms with Crippen molar-refractivity contribution in [2.75, 3.05) is 0 Å². The normalized spacial score (nSPS) is 10.9. The Morgan fingerprint density at radius 1 is 0.931 bits per heavy atom. The third-order valence-corrected chi connectivity index (χ3v) is 4.77. The number of benzene rings is 3. The molecule has 4 aromatic rings. The van der Waals surface area contributed by atoms with Crippen molar-refractivity contribution in [3.63, 3.8) is 0 Å². The number of fused-ring (bicyclic) bond motifs is 1. The lowest BCUT2D eigenvalue weighted by atomic mass is 10.1. The summed E-state index contributed by atoms with van der Waals surface area (Å²) in [5, 5.41) is 11.5. The zero-order valence-electron chi connectivity index (χ0n) is 15.6. The van der Waals surface area contributed by atoms with E-state index in [-0.39, 0.29) is 12.2 Å². The van der Waals surface area contributed by atoms with Gasteiger partial charge in [0.25, 0.3) is 11.2 Å². The van der Waals surface area contributed by atoms with Gasteiger partial charge in [0.15, 0.2) is 0 Å². The number of nitro benzene ring substituents is 1. The number of non-ortho nitro benzene ring substituents is 1. The maximum absolute atomic E-state index is 13.3. The molecule has 1 aromatic heterocycles. The Morgan fingerprint density at radius 3 is 2.45 bits per heavy atom. The number of rotatable bonds is 4. The highest BCUT2D eigenvalue weighted by Crippen LogP contribution is 2.16. The fourth-order valence-corrected chi connectivity index (χ4v) is 3.42. The second kappa shape index (κ2) is 7.20. The molecular formula is C22H17N3O4. The summed E-state index contributed by atoms with van der Waals surface area (Å²) in [5.74, 6) is 0. The Hall–Kier alpha value is -4.00. The lowest BCUT2D eigenvalue weighted by Gasteiger charge is -2.14. The van der Waals surface area contributed by atoms with E-state index < -0.39 is 16.2 Å². The number of hydrogen-bond donors (Lipinski definition) is 0. The second-order valence-corrected chi connectivity index (χ2v) is 6.79. The molecule has 7 heteroatoms. The Balaban J connectivity index is 1.99. The first-order valence-electron chi connectivity index (χ1n) is 9.00. The lowest BCUT2D eigenvalue weighted by molar-refractivity contribution is -0.384. The van der Waals surface area contributed by atoms with Crippen LogP contribution in [0, 0.1) is 17.0 Å². The van der Waals surface area contributed by atoms with Gasteiger partial charge in [0.2, 0.25) is 0 Å². The van der Waals surface area contributed by atoms with Gasteiger partial charge in [-0.1, -0.05) is 36.4 Å². The molecule has 0 aliphatic rings. The van der Waals surface area contributed by atoms with E-state index in [1.807, 2.05) is 13.0 Å². The molecule has 3 aromatic carbocycles. The van der Waals surface area contributed by atoms with Crippen molar-refractivity contribution in [2.45, 2.75) is 13.5 Å². The van der Waals surface area contributed by atoms with Crippen molar-refractivity contribution in [1.29, 1.82) is 0 Å². The van der Waals surface area contributed by atoms with Crippen LogP contribution in [0.25, 0.3) is 16.6 Å². The van der Waals surface area contributed by atoms with Gasteiger partial charge in [0.1, 0.15) is 0 Å². The molecule has 0 fully saturated rings. The molecule has 0 radical (unpaired) electrons. The van der Waals surface area contributed by atoms with E-state index in [4.69, 9.17) is 0 Å². The van der Waals surface area contributed by atoms with Crippen molar-refractivity contribution < 1.29 is 4.92 Å².